The van der Waals surface area contributed by atoms with Crippen LogP contribution in [0.15, 0.2) is 50.6 Å². The molecule has 1 amide bonds. The van der Waals surface area contributed by atoms with Gasteiger partial charge in [-0.25, -0.2) is 0 Å². The number of rotatable bonds is 1. The van der Waals surface area contributed by atoms with Crippen molar-refractivity contribution in [1.82, 2.24) is 15.1 Å². The number of carbonyl (C=O) groups excluding carboxylic acids is 2. The van der Waals surface area contributed by atoms with Crippen molar-refractivity contribution in [1.29, 1.82) is 0 Å². The van der Waals surface area contributed by atoms with Gasteiger partial charge in [-0.05, 0) is 12.1 Å². The van der Waals surface area contributed by atoms with Gasteiger partial charge in [-0.15, -0.1) is 5.10 Å². The first-order chi connectivity index (χ1) is 11.1. The van der Waals surface area contributed by atoms with Crippen molar-refractivity contribution < 1.29 is 14.0 Å². The van der Waals surface area contributed by atoms with E-state index in [1.807, 2.05) is 18.2 Å². The Morgan fingerprint density at radius 1 is 1.35 bits per heavy atom. The highest BCUT2D eigenvalue weighted by Gasteiger charge is 2.23. The highest BCUT2D eigenvalue weighted by molar-refractivity contribution is 8.04. The Hall–Kier alpha value is -2.87. The molecule has 0 atom stereocenters. The lowest BCUT2D eigenvalue weighted by Crippen LogP contribution is -2.24. The summed E-state index contributed by atoms with van der Waals surface area (Å²) in [6, 6.07) is 8.85. The number of para-hydroxylation sites is 1. The summed E-state index contributed by atoms with van der Waals surface area (Å²) >= 11 is 1.20. The van der Waals surface area contributed by atoms with Gasteiger partial charge in [-0.3, -0.25) is 14.4 Å². The number of amides is 1. The van der Waals surface area contributed by atoms with Crippen LogP contribution >= 0.6 is 11.8 Å². The van der Waals surface area contributed by atoms with Crippen LogP contribution in [0.25, 0.3) is 22.4 Å². The van der Waals surface area contributed by atoms with E-state index in [0.29, 0.717) is 10.6 Å². The predicted octanol–water partition coefficient (Wildman–Crippen LogP) is 1.44. The molecule has 0 unspecified atom stereocenters. The highest BCUT2D eigenvalue weighted by atomic mass is 32.2. The minimum absolute atomic E-state index is 0.101. The number of benzene rings is 1. The number of hydrogen-bond donors (Lipinski definition) is 1. The second-order valence-electron chi connectivity index (χ2n) is 4.90. The van der Waals surface area contributed by atoms with Crippen LogP contribution in [0.5, 0.6) is 0 Å². The molecule has 1 saturated heterocycles. The van der Waals surface area contributed by atoms with Gasteiger partial charge in [0.05, 0.1) is 10.8 Å². The molecule has 0 radical (unpaired) electrons. The van der Waals surface area contributed by atoms with E-state index in [4.69, 9.17) is 4.42 Å². The molecule has 8 heteroatoms. The normalized spacial score (nSPS) is 16.3. The lowest BCUT2D eigenvalue weighted by atomic mass is 10.2. The fourth-order valence-corrected chi connectivity index (χ4v) is 3.03. The van der Waals surface area contributed by atoms with Crippen LogP contribution in [0.4, 0.5) is 0 Å². The third-order valence-corrected chi connectivity index (χ3v) is 4.29. The second kappa shape index (κ2) is 5.10. The molecule has 1 aromatic rings. The maximum Gasteiger partial charge on any atom is 0.287 e. The molecule has 1 aromatic carbocycles. The summed E-state index contributed by atoms with van der Waals surface area (Å²) < 4.78 is 6.31. The zero-order valence-electron chi connectivity index (χ0n) is 11.6. The van der Waals surface area contributed by atoms with E-state index in [9.17, 15) is 14.4 Å². The lowest BCUT2D eigenvalue weighted by Gasteiger charge is -1.98. The molecule has 0 aliphatic carbocycles. The number of carbonyl (C=O) groups is 2. The number of allylic oxidation sites excluding steroid dienone is 1. The Labute approximate surface area is 133 Å². The van der Waals surface area contributed by atoms with E-state index < -0.39 is 11.5 Å². The molecule has 7 nitrogen and oxygen atoms in total. The summed E-state index contributed by atoms with van der Waals surface area (Å²) in [6.45, 7) is 0. The molecule has 23 heavy (non-hydrogen) atoms. The average Bonchev–Trinajstić information content (AvgIpc) is 3.09. The number of aromatic nitrogens is 2. The number of fused-ring (bicyclic) bond motifs is 2. The molecule has 3 aliphatic heterocycles. The van der Waals surface area contributed by atoms with Gasteiger partial charge >= 0.3 is 0 Å². The molecule has 1 N–H and O–H groups in total. The molecule has 0 saturated carbocycles. The smallest absolute Gasteiger partial charge is 0.287 e. The van der Waals surface area contributed by atoms with Crippen LogP contribution in [-0.4, -0.2) is 27.3 Å². The van der Waals surface area contributed by atoms with Gasteiger partial charge in [0.25, 0.3) is 11.5 Å². The molecule has 114 valence electrons. The molecule has 4 rings (SSSR count). The summed E-state index contributed by atoms with van der Waals surface area (Å²) in [4.78, 5) is 35.7. The Morgan fingerprint density at radius 3 is 2.96 bits per heavy atom. The SMILES string of the molecule is O=C1CS/C(=C/C(=O)n2nc3oc4ccccc4cc-3c2=O)N1. The van der Waals surface area contributed by atoms with E-state index in [-0.39, 0.29) is 23.1 Å². The molecule has 0 aromatic heterocycles. The van der Waals surface area contributed by atoms with Crippen molar-refractivity contribution in [2.24, 2.45) is 0 Å². The number of thioether (sulfide) groups is 1. The molecular formula is C15H9N3O4S. The Bertz CT molecular complexity index is 1020. The summed E-state index contributed by atoms with van der Waals surface area (Å²) in [6.07, 6.45) is 1.18. The van der Waals surface area contributed by atoms with Crippen LogP contribution in [0.2, 0.25) is 0 Å². The van der Waals surface area contributed by atoms with Crippen LogP contribution in [-0.2, 0) is 4.79 Å². The van der Waals surface area contributed by atoms with Gasteiger partial charge < -0.3 is 9.73 Å². The number of nitrogens with zero attached hydrogens (tertiary/aromatic N) is 2. The van der Waals surface area contributed by atoms with E-state index >= 15 is 0 Å². The van der Waals surface area contributed by atoms with Gasteiger partial charge in [0.1, 0.15) is 11.1 Å². The van der Waals surface area contributed by atoms with E-state index in [1.165, 1.54) is 17.8 Å². The van der Waals surface area contributed by atoms with E-state index in [0.717, 1.165) is 10.1 Å². The summed E-state index contributed by atoms with van der Waals surface area (Å²) in [7, 11) is 0. The molecule has 0 spiro atoms. The van der Waals surface area contributed by atoms with Crippen LogP contribution in [0.3, 0.4) is 0 Å². The average molecular weight is 327 g/mol. The fourth-order valence-electron chi connectivity index (χ4n) is 2.30. The third kappa shape index (κ3) is 2.33. The van der Waals surface area contributed by atoms with Gasteiger partial charge in [0.15, 0.2) is 0 Å². The minimum atomic E-state index is -0.629. The Morgan fingerprint density at radius 2 is 2.17 bits per heavy atom. The first-order valence-electron chi connectivity index (χ1n) is 6.72. The molecule has 0 bridgehead atoms. The van der Waals surface area contributed by atoms with Crippen LogP contribution < -0.4 is 10.9 Å². The van der Waals surface area contributed by atoms with Gasteiger partial charge in [0.2, 0.25) is 11.8 Å². The Kier molecular flexibility index (Phi) is 3.05. The summed E-state index contributed by atoms with van der Waals surface area (Å²) in [5, 5.41) is 7.63. The largest absolute Gasteiger partial charge is 0.436 e. The first-order valence-corrected chi connectivity index (χ1v) is 7.71. The number of nitrogens with one attached hydrogen (secondary N) is 1. The zero-order valence-corrected chi connectivity index (χ0v) is 12.4. The number of hydrogen-bond acceptors (Lipinski definition) is 6. The van der Waals surface area contributed by atoms with E-state index in [1.54, 1.807) is 12.1 Å². The summed E-state index contributed by atoms with van der Waals surface area (Å²) in [5.74, 6) is -0.451. The topological polar surface area (TPSA) is 94.2 Å². The Balaban J connectivity index is 1.82. The first kappa shape index (κ1) is 13.8. The van der Waals surface area contributed by atoms with Gasteiger partial charge in [0, 0.05) is 11.5 Å². The van der Waals surface area contributed by atoms with Crippen LogP contribution in [0.1, 0.15) is 4.79 Å². The second-order valence-corrected chi connectivity index (χ2v) is 5.92. The molecule has 1 fully saturated rings. The quantitative estimate of drug-likeness (QED) is 0.680. The summed E-state index contributed by atoms with van der Waals surface area (Å²) in [5.41, 5.74) is 0.262. The third-order valence-electron chi connectivity index (χ3n) is 3.35. The van der Waals surface area contributed by atoms with Gasteiger partial charge in [-0.2, -0.15) is 4.68 Å². The molecule has 3 heterocycles. The lowest BCUT2D eigenvalue weighted by molar-refractivity contribution is -0.117. The van der Waals surface area contributed by atoms with Crippen molar-refractivity contribution in [2.45, 2.75) is 0 Å². The highest BCUT2D eigenvalue weighted by Crippen LogP contribution is 2.24. The van der Waals surface area contributed by atoms with Crippen molar-refractivity contribution in [3.05, 3.63) is 51.8 Å². The maximum atomic E-state index is 12.3. The maximum absolute atomic E-state index is 12.3. The van der Waals surface area contributed by atoms with Crippen molar-refractivity contribution in [3.8, 4) is 11.5 Å². The van der Waals surface area contributed by atoms with E-state index in [2.05, 4.69) is 10.4 Å². The fraction of sp³-hybridized carbons (Fsp3) is 0.0667. The predicted molar refractivity (Wildman–Crippen MR) is 84.2 cm³/mol. The minimum Gasteiger partial charge on any atom is -0.436 e. The zero-order chi connectivity index (χ0) is 16.0. The monoisotopic (exact) mass is 327 g/mol. The van der Waals surface area contributed by atoms with Gasteiger partial charge in [-0.1, -0.05) is 30.0 Å². The standard InChI is InChI=1S/C15H9N3O4S/c19-11-7-23-12(16-11)6-13(20)18-15(21)9-5-8-3-1-2-4-10(8)22-14(9)17-18/h1-6H,7H2,(H,16,19)/b12-6+. The van der Waals surface area contributed by atoms with Crippen molar-refractivity contribution in [2.75, 3.05) is 5.75 Å². The van der Waals surface area contributed by atoms with Crippen molar-refractivity contribution in [3.63, 3.8) is 0 Å². The molecule has 3 aliphatic rings. The van der Waals surface area contributed by atoms with Crippen LogP contribution in [0, 0.1) is 0 Å². The van der Waals surface area contributed by atoms with Crippen molar-refractivity contribution >= 4 is 34.5 Å². The molecular weight excluding hydrogens is 318 g/mol.